The molecule has 0 fully saturated rings. The number of hydrogen-bond acceptors (Lipinski definition) is 4. The summed E-state index contributed by atoms with van der Waals surface area (Å²) in [5.74, 6) is 0.901. The van der Waals surface area contributed by atoms with Gasteiger partial charge in [-0.3, -0.25) is 14.5 Å². The summed E-state index contributed by atoms with van der Waals surface area (Å²) in [6, 6.07) is 7.11. The van der Waals surface area contributed by atoms with Crippen molar-refractivity contribution in [2.75, 3.05) is 36.0 Å². The first-order chi connectivity index (χ1) is 10.9. The van der Waals surface area contributed by atoms with E-state index in [4.69, 9.17) is 0 Å². The second-order valence-electron chi connectivity index (χ2n) is 5.60. The number of nitrogens with zero attached hydrogens (tertiary/aromatic N) is 1. The number of likely N-dealkylation sites (N-methyl/N-ethyl adjacent to an activating group) is 1. The molecular formula is C17H27N3O2S. The lowest BCUT2D eigenvalue weighted by Gasteiger charge is -2.20. The average Bonchev–Trinajstić information content (AvgIpc) is 2.47. The van der Waals surface area contributed by atoms with Crippen molar-refractivity contribution in [1.82, 2.24) is 4.90 Å². The van der Waals surface area contributed by atoms with Crippen LogP contribution in [0.3, 0.4) is 0 Å². The minimum Gasteiger partial charge on any atom is -0.326 e. The third kappa shape index (κ3) is 8.62. The van der Waals surface area contributed by atoms with Crippen molar-refractivity contribution in [3.8, 4) is 0 Å². The first-order valence-electron chi connectivity index (χ1n) is 7.92. The van der Waals surface area contributed by atoms with Gasteiger partial charge in [-0.25, -0.2) is 0 Å². The molecule has 6 heteroatoms. The number of hydrogen-bond donors (Lipinski definition) is 2. The number of carbonyl (C=O) groups is 2. The zero-order chi connectivity index (χ0) is 17.2. The Labute approximate surface area is 143 Å². The maximum absolute atomic E-state index is 12.1. The topological polar surface area (TPSA) is 61.4 Å². The molecule has 0 heterocycles. The third-order valence-corrected chi connectivity index (χ3v) is 4.25. The maximum Gasteiger partial charge on any atom is 0.238 e. The van der Waals surface area contributed by atoms with Gasteiger partial charge >= 0.3 is 0 Å². The van der Waals surface area contributed by atoms with E-state index in [9.17, 15) is 9.59 Å². The number of rotatable bonds is 9. The van der Waals surface area contributed by atoms with Crippen LogP contribution in [0.5, 0.6) is 0 Å². The van der Waals surface area contributed by atoms with E-state index in [-0.39, 0.29) is 11.8 Å². The smallest absolute Gasteiger partial charge is 0.238 e. The van der Waals surface area contributed by atoms with Crippen LogP contribution >= 0.6 is 11.8 Å². The predicted octanol–water partition coefficient (Wildman–Crippen LogP) is 3.05. The fourth-order valence-corrected chi connectivity index (χ4v) is 2.85. The zero-order valence-electron chi connectivity index (χ0n) is 14.4. The molecule has 128 valence electrons. The van der Waals surface area contributed by atoms with Gasteiger partial charge in [-0.05, 0) is 36.1 Å². The fraction of sp³-hybridized carbons (Fsp3) is 0.529. The highest BCUT2D eigenvalue weighted by atomic mass is 32.2. The summed E-state index contributed by atoms with van der Waals surface area (Å²) >= 11 is 1.90. The minimum atomic E-state index is -0.111. The molecule has 0 radical (unpaired) electrons. The van der Waals surface area contributed by atoms with Crippen molar-refractivity contribution in [3.05, 3.63) is 24.3 Å². The number of carbonyl (C=O) groups excluding carboxylic acids is 2. The van der Waals surface area contributed by atoms with E-state index in [1.807, 2.05) is 11.8 Å². The van der Waals surface area contributed by atoms with E-state index in [2.05, 4.69) is 36.3 Å². The Morgan fingerprint density at radius 2 is 1.70 bits per heavy atom. The van der Waals surface area contributed by atoms with Crippen LogP contribution in [0.15, 0.2) is 24.3 Å². The van der Waals surface area contributed by atoms with Crippen molar-refractivity contribution >= 4 is 35.0 Å². The molecule has 23 heavy (non-hydrogen) atoms. The summed E-state index contributed by atoms with van der Waals surface area (Å²) in [6.45, 7) is 10.0. The van der Waals surface area contributed by atoms with Gasteiger partial charge in [0.05, 0.1) is 6.54 Å². The van der Waals surface area contributed by atoms with Crippen LogP contribution in [0.2, 0.25) is 0 Å². The van der Waals surface area contributed by atoms with Crippen molar-refractivity contribution in [1.29, 1.82) is 0 Å². The lowest BCUT2D eigenvalue weighted by atomic mass is 10.2. The van der Waals surface area contributed by atoms with Crippen LogP contribution < -0.4 is 10.6 Å². The quantitative estimate of drug-likeness (QED) is 0.727. The van der Waals surface area contributed by atoms with Crippen molar-refractivity contribution in [2.45, 2.75) is 32.9 Å². The molecule has 0 unspecified atom stereocenters. The highest BCUT2D eigenvalue weighted by Gasteiger charge is 2.09. The van der Waals surface area contributed by atoms with Crippen molar-refractivity contribution in [3.63, 3.8) is 0 Å². The molecule has 0 atom stereocenters. The fourth-order valence-electron chi connectivity index (χ4n) is 2.01. The van der Waals surface area contributed by atoms with Gasteiger partial charge in [0.25, 0.3) is 0 Å². The summed E-state index contributed by atoms with van der Waals surface area (Å²) < 4.78 is 0. The van der Waals surface area contributed by atoms with Gasteiger partial charge in [-0.1, -0.05) is 20.8 Å². The third-order valence-electron chi connectivity index (χ3n) is 3.16. The summed E-state index contributed by atoms with van der Waals surface area (Å²) in [5, 5.41) is 6.20. The van der Waals surface area contributed by atoms with Crippen LogP contribution in [0.4, 0.5) is 11.4 Å². The maximum atomic E-state index is 12.1. The zero-order valence-corrected chi connectivity index (χ0v) is 15.2. The molecule has 0 aliphatic rings. The van der Waals surface area contributed by atoms with Crippen molar-refractivity contribution in [2.24, 2.45) is 0 Å². The Morgan fingerprint density at radius 3 is 2.17 bits per heavy atom. The van der Waals surface area contributed by atoms with Gasteiger partial charge in [0.2, 0.25) is 11.8 Å². The molecule has 0 saturated carbocycles. The van der Waals surface area contributed by atoms with Crippen LogP contribution in [0, 0.1) is 0 Å². The Bertz CT molecular complexity index is 503. The Hall–Kier alpha value is -1.53. The molecule has 0 aromatic heterocycles. The second-order valence-corrected chi connectivity index (χ2v) is 7.28. The van der Waals surface area contributed by atoms with E-state index >= 15 is 0 Å². The highest BCUT2D eigenvalue weighted by Crippen LogP contribution is 2.13. The lowest BCUT2D eigenvalue weighted by Crippen LogP contribution is -2.34. The number of amides is 2. The molecule has 0 spiro atoms. The largest absolute Gasteiger partial charge is 0.326 e. The first kappa shape index (κ1) is 19.5. The van der Waals surface area contributed by atoms with E-state index < -0.39 is 0 Å². The summed E-state index contributed by atoms with van der Waals surface area (Å²) in [4.78, 5) is 25.2. The van der Waals surface area contributed by atoms with Crippen LogP contribution in [0.25, 0.3) is 0 Å². The molecule has 0 bridgehead atoms. The predicted molar refractivity (Wildman–Crippen MR) is 99.1 cm³/mol. The molecule has 0 aliphatic carbocycles. The van der Waals surface area contributed by atoms with E-state index in [1.54, 1.807) is 24.3 Å². The summed E-state index contributed by atoms with van der Waals surface area (Å²) in [7, 11) is 0. The average molecular weight is 337 g/mol. The van der Waals surface area contributed by atoms with Gasteiger partial charge in [-0.2, -0.15) is 11.8 Å². The number of nitrogens with one attached hydrogen (secondary N) is 2. The van der Waals surface area contributed by atoms with Gasteiger partial charge in [0, 0.05) is 30.6 Å². The number of benzene rings is 1. The molecule has 2 N–H and O–H groups in total. The Balaban J connectivity index is 2.43. The lowest BCUT2D eigenvalue weighted by molar-refractivity contribution is -0.117. The molecule has 1 rings (SSSR count). The van der Waals surface area contributed by atoms with Gasteiger partial charge in [-0.15, -0.1) is 0 Å². The van der Waals surface area contributed by atoms with Gasteiger partial charge in [0.15, 0.2) is 0 Å². The molecule has 0 aliphatic heterocycles. The summed E-state index contributed by atoms with van der Waals surface area (Å²) in [6.07, 6.45) is 0. The van der Waals surface area contributed by atoms with Gasteiger partial charge < -0.3 is 10.6 Å². The molecule has 2 amide bonds. The van der Waals surface area contributed by atoms with E-state index in [1.165, 1.54) is 6.92 Å². The molecule has 0 saturated heterocycles. The molecule has 5 nitrogen and oxygen atoms in total. The minimum absolute atomic E-state index is 0.0197. The molecule has 1 aromatic rings. The van der Waals surface area contributed by atoms with E-state index in [0.717, 1.165) is 30.2 Å². The van der Waals surface area contributed by atoms with Gasteiger partial charge in [0.1, 0.15) is 0 Å². The Morgan fingerprint density at radius 1 is 1.13 bits per heavy atom. The molecule has 1 aromatic carbocycles. The summed E-state index contributed by atoms with van der Waals surface area (Å²) in [5.41, 5.74) is 1.45. The number of thioether (sulfide) groups is 1. The van der Waals surface area contributed by atoms with Crippen LogP contribution in [-0.4, -0.2) is 47.4 Å². The second kappa shape index (κ2) is 10.3. The standard InChI is InChI=1S/C17H27N3O2S/c1-5-20(10-11-23-13(2)3)12-17(22)19-16-8-6-15(7-9-16)18-14(4)21/h6-9,13H,5,10-12H2,1-4H3,(H,18,21)(H,19,22). The van der Waals surface area contributed by atoms with E-state index in [0.29, 0.717) is 11.8 Å². The van der Waals surface area contributed by atoms with Crippen LogP contribution in [0.1, 0.15) is 27.7 Å². The van der Waals surface area contributed by atoms with Crippen LogP contribution in [-0.2, 0) is 9.59 Å². The SMILES string of the molecule is CCN(CCSC(C)C)CC(=O)Nc1ccc(NC(C)=O)cc1. The highest BCUT2D eigenvalue weighted by molar-refractivity contribution is 7.99. The first-order valence-corrected chi connectivity index (χ1v) is 8.97. The normalized spacial score (nSPS) is 10.9. The molecular weight excluding hydrogens is 310 g/mol. The van der Waals surface area contributed by atoms with Crippen molar-refractivity contribution < 1.29 is 9.59 Å². The Kier molecular flexibility index (Phi) is 8.73. The number of anilines is 2. The monoisotopic (exact) mass is 337 g/mol.